The van der Waals surface area contributed by atoms with Crippen molar-refractivity contribution in [3.8, 4) is 0 Å². The zero-order valence-electron chi connectivity index (χ0n) is 18.0. The molecule has 5 rings (SSSR count). The molecule has 8 unspecified atom stereocenters. The smallest absolute Gasteiger partial charge is 0.157 e. The van der Waals surface area contributed by atoms with Crippen LogP contribution in [0.4, 0.5) is 0 Å². The zero-order chi connectivity index (χ0) is 20.2. The average molecular weight is 404 g/mol. The normalized spacial score (nSPS) is 51.1. The lowest BCUT2D eigenvalue weighted by atomic mass is 9.48. The van der Waals surface area contributed by atoms with Crippen molar-refractivity contribution < 1.29 is 19.8 Å². The van der Waals surface area contributed by atoms with Crippen LogP contribution in [0.1, 0.15) is 78.1 Å². The number of hydrogen-bond acceptors (Lipinski definition) is 5. The first-order valence-electron chi connectivity index (χ1n) is 11.8. The largest absolute Gasteiger partial charge is 0.411 e. The van der Waals surface area contributed by atoms with E-state index in [1.54, 1.807) is 5.57 Å². The molecule has 8 atom stereocenters. The summed E-state index contributed by atoms with van der Waals surface area (Å²) in [4.78, 5) is 0. The van der Waals surface area contributed by atoms with Crippen molar-refractivity contribution in [1.82, 2.24) is 0 Å². The molecule has 0 aromatic rings. The molecule has 1 saturated heterocycles. The fourth-order valence-corrected chi connectivity index (χ4v) is 7.66. The molecule has 0 aromatic heterocycles. The Kier molecular flexibility index (Phi) is 5.07. The van der Waals surface area contributed by atoms with E-state index in [2.05, 4.69) is 25.1 Å². The zero-order valence-corrected chi connectivity index (χ0v) is 18.0. The van der Waals surface area contributed by atoms with E-state index >= 15 is 0 Å². The molecule has 0 amide bonds. The van der Waals surface area contributed by atoms with E-state index in [0.29, 0.717) is 29.6 Å². The van der Waals surface area contributed by atoms with E-state index < -0.39 is 6.10 Å². The van der Waals surface area contributed by atoms with E-state index in [-0.39, 0.29) is 17.1 Å². The van der Waals surface area contributed by atoms with Crippen LogP contribution in [0.5, 0.6) is 0 Å². The Morgan fingerprint density at radius 3 is 2.72 bits per heavy atom. The molecular formula is C24H37NO4. The van der Waals surface area contributed by atoms with Crippen LogP contribution in [0.3, 0.4) is 0 Å². The van der Waals surface area contributed by atoms with E-state index in [1.165, 1.54) is 19.3 Å². The summed E-state index contributed by atoms with van der Waals surface area (Å²) in [5.41, 5.74) is 2.32. The van der Waals surface area contributed by atoms with Crippen LogP contribution in [-0.4, -0.2) is 41.1 Å². The summed E-state index contributed by atoms with van der Waals surface area (Å²) in [7, 11) is 0. The first-order valence-corrected chi connectivity index (χ1v) is 11.8. The molecule has 3 saturated carbocycles. The molecule has 0 aromatic carbocycles. The summed E-state index contributed by atoms with van der Waals surface area (Å²) in [5, 5.41) is 23.6. The molecule has 1 aliphatic heterocycles. The monoisotopic (exact) mass is 403 g/mol. The molecule has 0 spiro atoms. The predicted molar refractivity (Wildman–Crippen MR) is 111 cm³/mol. The fraction of sp³-hybridized carbons (Fsp3) is 0.875. The van der Waals surface area contributed by atoms with Crippen LogP contribution in [-0.2, 0) is 9.47 Å². The van der Waals surface area contributed by atoms with Gasteiger partial charge < -0.3 is 19.8 Å². The maximum atomic E-state index is 10.8. The first-order chi connectivity index (χ1) is 14.0. The number of ether oxygens (including phenoxy) is 2. The molecule has 5 aliphatic rings. The number of rotatable bonds is 2. The molecule has 162 valence electrons. The Morgan fingerprint density at radius 1 is 1.10 bits per heavy atom. The second kappa shape index (κ2) is 7.35. The molecule has 5 nitrogen and oxygen atoms in total. The Balaban J connectivity index is 1.34. The lowest BCUT2D eigenvalue weighted by molar-refractivity contribution is -0.195. The highest BCUT2D eigenvalue weighted by Gasteiger charge is 2.60. The Bertz CT molecular complexity index is 699. The minimum absolute atomic E-state index is 0.00148. The number of aliphatic hydroxyl groups excluding tert-OH is 1. The van der Waals surface area contributed by atoms with Crippen LogP contribution in [0.2, 0.25) is 0 Å². The van der Waals surface area contributed by atoms with Gasteiger partial charge in [-0.1, -0.05) is 30.7 Å². The second-order valence-electron chi connectivity index (χ2n) is 10.8. The third-order valence-corrected chi connectivity index (χ3v) is 9.48. The molecule has 2 N–H and O–H groups in total. The van der Waals surface area contributed by atoms with E-state index in [9.17, 15) is 10.3 Å². The standard InChI is InChI=1S/C24H37NO4/c1-23-10-8-16(29-21-5-3-4-12-28-21)13-15(23)6-7-17-18(23)9-11-24(2)19(17)14-20(25-27)22(24)26/h6,16-19,21-22,26-27H,3-5,7-14H2,1-2H3/b25-20-. The molecule has 0 radical (unpaired) electrons. The van der Waals surface area contributed by atoms with Gasteiger partial charge in [0.2, 0.25) is 0 Å². The topological polar surface area (TPSA) is 71.3 Å². The van der Waals surface area contributed by atoms with Gasteiger partial charge in [0.1, 0.15) is 6.10 Å². The number of allylic oxidation sites excluding steroid dienone is 1. The number of nitrogens with zero attached hydrogens (tertiary/aromatic N) is 1. The molecule has 1 heterocycles. The summed E-state index contributed by atoms with van der Waals surface area (Å²) in [5.74, 6) is 1.66. The highest BCUT2D eigenvalue weighted by molar-refractivity contribution is 5.91. The van der Waals surface area contributed by atoms with Crippen LogP contribution in [0.15, 0.2) is 16.8 Å². The summed E-state index contributed by atoms with van der Waals surface area (Å²) < 4.78 is 12.2. The first kappa shape index (κ1) is 20.0. The summed E-state index contributed by atoms with van der Waals surface area (Å²) in [6.07, 6.45) is 13.0. The minimum atomic E-state index is -0.587. The Labute approximate surface area is 174 Å². The predicted octanol–water partition coefficient (Wildman–Crippen LogP) is 4.66. The van der Waals surface area contributed by atoms with Crippen molar-refractivity contribution in [3.63, 3.8) is 0 Å². The quantitative estimate of drug-likeness (QED) is 0.400. The van der Waals surface area contributed by atoms with Gasteiger partial charge in [-0.2, -0.15) is 0 Å². The maximum Gasteiger partial charge on any atom is 0.157 e. The van der Waals surface area contributed by atoms with Gasteiger partial charge in [-0.05, 0) is 87.4 Å². The summed E-state index contributed by atoms with van der Waals surface area (Å²) in [6.45, 7) is 5.54. The van der Waals surface area contributed by atoms with Crippen LogP contribution >= 0.6 is 0 Å². The van der Waals surface area contributed by atoms with Gasteiger partial charge in [-0.15, -0.1) is 0 Å². The van der Waals surface area contributed by atoms with E-state index in [0.717, 1.165) is 51.6 Å². The molecule has 4 aliphatic carbocycles. The van der Waals surface area contributed by atoms with E-state index in [4.69, 9.17) is 9.47 Å². The lowest BCUT2D eigenvalue weighted by Crippen LogP contribution is -2.51. The lowest BCUT2D eigenvalue weighted by Gasteiger charge is -2.57. The van der Waals surface area contributed by atoms with Crippen LogP contribution in [0.25, 0.3) is 0 Å². The molecule has 29 heavy (non-hydrogen) atoms. The van der Waals surface area contributed by atoms with Gasteiger partial charge in [0, 0.05) is 12.0 Å². The van der Waals surface area contributed by atoms with Crippen molar-refractivity contribution >= 4 is 5.71 Å². The van der Waals surface area contributed by atoms with Gasteiger partial charge in [-0.3, -0.25) is 0 Å². The van der Waals surface area contributed by atoms with Crippen molar-refractivity contribution in [3.05, 3.63) is 11.6 Å². The van der Waals surface area contributed by atoms with E-state index in [1.807, 2.05) is 0 Å². The molecular weight excluding hydrogens is 366 g/mol. The van der Waals surface area contributed by atoms with Crippen molar-refractivity contribution in [2.75, 3.05) is 6.61 Å². The van der Waals surface area contributed by atoms with Gasteiger partial charge in [0.05, 0.1) is 11.8 Å². The van der Waals surface area contributed by atoms with Gasteiger partial charge >= 0.3 is 0 Å². The maximum absolute atomic E-state index is 10.8. The van der Waals surface area contributed by atoms with Crippen molar-refractivity contribution in [2.24, 2.45) is 33.7 Å². The van der Waals surface area contributed by atoms with Crippen molar-refractivity contribution in [2.45, 2.75) is 96.6 Å². The fourth-order valence-electron chi connectivity index (χ4n) is 7.66. The van der Waals surface area contributed by atoms with Gasteiger partial charge in [0.15, 0.2) is 6.29 Å². The van der Waals surface area contributed by atoms with Crippen molar-refractivity contribution in [1.29, 1.82) is 0 Å². The number of aliphatic hydroxyl groups is 1. The Morgan fingerprint density at radius 2 is 1.97 bits per heavy atom. The van der Waals surface area contributed by atoms with Gasteiger partial charge in [0.25, 0.3) is 0 Å². The van der Waals surface area contributed by atoms with Crippen LogP contribution < -0.4 is 0 Å². The Hall–Kier alpha value is -0.910. The SMILES string of the molecule is CC12CCC(OC3CCCCO3)CC1=CCC1C2CCC2(C)C(O)/C(=N\O)CC12. The third-order valence-electron chi connectivity index (χ3n) is 9.48. The molecule has 5 heteroatoms. The van der Waals surface area contributed by atoms with Gasteiger partial charge in [-0.25, -0.2) is 0 Å². The molecule has 0 bridgehead atoms. The molecule has 4 fully saturated rings. The summed E-state index contributed by atoms with van der Waals surface area (Å²) >= 11 is 0. The minimum Gasteiger partial charge on any atom is -0.411 e. The number of hydrogen-bond donors (Lipinski definition) is 2. The highest BCUT2D eigenvalue weighted by Crippen LogP contribution is 2.64. The third kappa shape index (κ3) is 3.11. The number of oxime groups is 1. The van der Waals surface area contributed by atoms with Crippen LogP contribution in [0, 0.1) is 28.6 Å². The summed E-state index contributed by atoms with van der Waals surface area (Å²) in [6, 6.07) is 0. The number of fused-ring (bicyclic) bond motifs is 5. The average Bonchev–Trinajstić information content (AvgIpc) is 3.00. The second-order valence-corrected chi connectivity index (χ2v) is 10.8. The highest BCUT2D eigenvalue weighted by atomic mass is 16.7.